The standard InChI is InChI=1S/C12H13ClN2O/c1-2-3-8-14-9-12(16)15-11-6-4-10(13)5-7-11/h1,4-7,14H,3,8-9H2,(H,15,16). The van der Waals surface area contributed by atoms with Gasteiger partial charge in [0.05, 0.1) is 6.54 Å². The summed E-state index contributed by atoms with van der Waals surface area (Å²) < 4.78 is 0. The highest BCUT2D eigenvalue weighted by Crippen LogP contribution is 2.12. The molecule has 0 heterocycles. The molecule has 0 aliphatic heterocycles. The summed E-state index contributed by atoms with van der Waals surface area (Å²) in [6.45, 7) is 0.898. The van der Waals surface area contributed by atoms with Crippen LogP contribution in [0.5, 0.6) is 0 Å². The van der Waals surface area contributed by atoms with Gasteiger partial charge in [-0.25, -0.2) is 0 Å². The number of amides is 1. The van der Waals surface area contributed by atoms with E-state index in [2.05, 4.69) is 16.6 Å². The molecule has 0 aliphatic carbocycles. The van der Waals surface area contributed by atoms with E-state index in [9.17, 15) is 4.79 Å². The molecule has 0 spiro atoms. The minimum absolute atomic E-state index is 0.0978. The molecule has 0 aromatic heterocycles. The highest BCUT2D eigenvalue weighted by Gasteiger charge is 2.00. The third-order valence-corrected chi connectivity index (χ3v) is 2.11. The second-order valence-corrected chi connectivity index (χ2v) is 3.62. The van der Waals surface area contributed by atoms with Crippen LogP contribution in [0.15, 0.2) is 24.3 Å². The zero-order valence-corrected chi connectivity index (χ0v) is 9.55. The van der Waals surface area contributed by atoms with Gasteiger partial charge < -0.3 is 10.6 Å². The van der Waals surface area contributed by atoms with Crippen molar-refractivity contribution >= 4 is 23.2 Å². The molecule has 1 aromatic rings. The lowest BCUT2D eigenvalue weighted by Crippen LogP contribution is -2.28. The lowest BCUT2D eigenvalue weighted by molar-refractivity contribution is -0.115. The van der Waals surface area contributed by atoms with Crippen LogP contribution in [-0.4, -0.2) is 19.0 Å². The molecule has 1 aromatic carbocycles. The summed E-state index contributed by atoms with van der Waals surface area (Å²) in [6.07, 6.45) is 5.70. The van der Waals surface area contributed by atoms with Crippen LogP contribution in [0.2, 0.25) is 5.02 Å². The van der Waals surface area contributed by atoms with Crippen LogP contribution in [0, 0.1) is 12.3 Å². The molecule has 0 unspecified atom stereocenters. The Balaban J connectivity index is 2.29. The van der Waals surface area contributed by atoms with E-state index in [1.807, 2.05) is 0 Å². The maximum atomic E-state index is 11.4. The van der Waals surface area contributed by atoms with E-state index in [0.717, 1.165) is 5.69 Å². The van der Waals surface area contributed by atoms with Crippen LogP contribution in [0.4, 0.5) is 5.69 Å². The molecule has 4 heteroatoms. The van der Waals surface area contributed by atoms with Gasteiger partial charge in [-0.1, -0.05) is 11.6 Å². The van der Waals surface area contributed by atoms with Crippen molar-refractivity contribution in [2.45, 2.75) is 6.42 Å². The van der Waals surface area contributed by atoms with Gasteiger partial charge >= 0.3 is 0 Å². The van der Waals surface area contributed by atoms with Crippen molar-refractivity contribution in [2.24, 2.45) is 0 Å². The number of hydrogen-bond donors (Lipinski definition) is 2. The van der Waals surface area contributed by atoms with Gasteiger partial charge in [0.2, 0.25) is 5.91 Å². The number of halogens is 1. The predicted molar refractivity (Wildman–Crippen MR) is 66.4 cm³/mol. The van der Waals surface area contributed by atoms with Gasteiger partial charge in [-0.05, 0) is 24.3 Å². The average molecular weight is 237 g/mol. The van der Waals surface area contributed by atoms with Crippen LogP contribution >= 0.6 is 11.6 Å². The van der Waals surface area contributed by atoms with Gasteiger partial charge in [0, 0.05) is 23.7 Å². The molecule has 0 fully saturated rings. The molecular formula is C12H13ClN2O. The fourth-order valence-electron chi connectivity index (χ4n) is 1.10. The summed E-state index contributed by atoms with van der Waals surface area (Å²) in [7, 11) is 0. The first-order valence-corrected chi connectivity index (χ1v) is 5.30. The van der Waals surface area contributed by atoms with E-state index < -0.39 is 0 Å². The zero-order valence-electron chi connectivity index (χ0n) is 8.79. The highest BCUT2D eigenvalue weighted by molar-refractivity contribution is 6.30. The monoisotopic (exact) mass is 236 g/mol. The van der Waals surface area contributed by atoms with Crippen LogP contribution in [-0.2, 0) is 4.79 Å². The van der Waals surface area contributed by atoms with Crippen LogP contribution < -0.4 is 10.6 Å². The Labute approximate surface area is 100 Å². The lowest BCUT2D eigenvalue weighted by Gasteiger charge is -2.05. The van der Waals surface area contributed by atoms with E-state index in [1.54, 1.807) is 24.3 Å². The third kappa shape index (κ3) is 4.83. The molecule has 84 valence electrons. The van der Waals surface area contributed by atoms with Crippen molar-refractivity contribution in [1.82, 2.24) is 5.32 Å². The van der Waals surface area contributed by atoms with Crippen LogP contribution in [0.3, 0.4) is 0 Å². The number of carbonyl (C=O) groups excluding carboxylic acids is 1. The maximum Gasteiger partial charge on any atom is 0.238 e. The quantitative estimate of drug-likeness (QED) is 0.606. The second-order valence-electron chi connectivity index (χ2n) is 3.19. The molecule has 0 aliphatic rings. The Morgan fingerprint density at radius 2 is 2.06 bits per heavy atom. The molecule has 3 nitrogen and oxygen atoms in total. The minimum Gasteiger partial charge on any atom is -0.325 e. The van der Waals surface area contributed by atoms with Crippen molar-refractivity contribution in [2.75, 3.05) is 18.4 Å². The summed E-state index contributed by atoms with van der Waals surface area (Å²) >= 11 is 5.72. The normalized spacial score (nSPS) is 9.50. The van der Waals surface area contributed by atoms with E-state index in [1.165, 1.54) is 0 Å². The summed E-state index contributed by atoms with van der Waals surface area (Å²) in [5.74, 6) is 2.39. The molecular weight excluding hydrogens is 224 g/mol. The Morgan fingerprint density at radius 3 is 2.69 bits per heavy atom. The third-order valence-electron chi connectivity index (χ3n) is 1.86. The number of carbonyl (C=O) groups is 1. The van der Waals surface area contributed by atoms with Crippen molar-refractivity contribution in [3.63, 3.8) is 0 Å². The topological polar surface area (TPSA) is 41.1 Å². The molecule has 0 atom stereocenters. The number of nitrogens with one attached hydrogen (secondary N) is 2. The van der Waals surface area contributed by atoms with E-state index >= 15 is 0 Å². The molecule has 0 saturated heterocycles. The molecule has 2 N–H and O–H groups in total. The van der Waals surface area contributed by atoms with Gasteiger partial charge in [0.25, 0.3) is 0 Å². The summed E-state index contributed by atoms with van der Waals surface area (Å²) in [5.41, 5.74) is 0.730. The molecule has 16 heavy (non-hydrogen) atoms. The molecule has 1 amide bonds. The van der Waals surface area contributed by atoms with Gasteiger partial charge in [-0.15, -0.1) is 12.3 Å². The van der Waals surface area contributed by atoms with Gasteiger partial charge in [-0.2, -0.15) is 0 Å². The number of anilines is 1. The van der Waals surface area contributed by atoms with Gasteiger partial charge in [0.1, 0.15) is 0 Å². The van der Waals surface area contributed by atoms with E-state index in [0.29, 0.717) is 18.0 Å². The van der Waals surface area contributed by atoms with E-state index in [4.69, 9.17) is 18.0 Å². The number of rotatable bonds is 5. The van der Waals surface area contributed by atoms with Crippen LogP contribution in [0.1, 0.15) is 6.42 Å². The number of terminal acetylenes is 1. The first kappa shape index (κ1) is 12.6. The van der Waals surface area contributed by atoms with Gasteiger partial charge in [0.15, 0.2) is 0 Å². The van der Waals surface area contributed by atoms with Crippen molar-refractivity contribution < 1.29 is 4.79 Å². The van der Waals surface area contributed by atoms with Crippen molar-refractivity contribution in [3.8, 4) is 12.3 Å². The number of hydrogen-bond acceptors (Lipinski definition) is 2. The molecule has 1 rings (SSSR count). The van der Waals surface area contributed by atoms with Crippen LogP contribution in [0.25, 0.3) is 0 Å². The summed E-state index contributed by atoms with van der Waals surface area (Å²) in [4.78, 5) is 11.4. The van der Waals surface area contributed by atoms with E-state index in [-0.39, 0.29) is 12.5 Å². The molecule has 0 saturated carbocycles. The Morgan fingerprint density at radius 1 is 1.38 bits per heavy atom. The first-order valence-electron chi connectivity index (χ1n) is 4.92. The SMILES string of the molecule is C#CCCNCC(=O)Nc1ccc(Cl)cc1. The summed E-state index contributed by atoms with van der Waals surface area (Å²) in [5, 5.41) is 6.32. The predicted octanol–water partition coefficient (Wildman–Crippen LogP) is 1.89. The Kier molecular flexibility index (Phi) is 5.41. The highest BCUT2D eigenvalue weighted by atomic mass is 35.5. The molecule has 0 bridgehead atoms. The average Bonchev–Trinajstić information content (AvgIpc) is 2.28. The minimum atomic E-state index is -0.0978. The first-order chi connectivity index (χ1) is 7.72. The fraction of sp³-hybridized carbons (Fsp3) is 0.250. The van der Waals surface area contributed by atoms with Crippen molar-refractivity contribution in [3.05, 3.63) is 29.3 Å². The molecule has 0 radical (unpaired) electrons. The maximum absolute atomic E-state index is 11.4. The smallest absolute Gasteiger partial charge is 0.238 e. The largest absolute Gasteiger partial charge is 0.325 e. The second kappa shape index (κ2) is 6.89. The van der Waals surface area contributed by atoms with Gasteiger partial charge in [-0.3, -0.25) is 4.79 Å². The Hall–Kier alpha value is -1.50. The number of benzene rings is 1. The zero-order chi connectivity index (χ0) is 11.8. The Bertz CT molecular complexity index is 381. The lowest BCUT2D eigenvalue weighted by atomic mass is 10.3. The van der Waals surface area contributed by atoms with Crippen molar-refractivity contribution in [1.29, 1.82) is 0 Å². The fourth-order valence-corrected chi connectivity index (χ4v) is 1.23. The summed E-state index contributed by atoms with van der Waals surface area (Å²) in [6, 6.07) is 6.95.